The molecule has 1 aromatic heterocycles. The van der Waals surface area contributed by atoms with Crippen molar-refractivity contribution in [2.24, 2.45) is 0 Å². The number of ether oxygens (including phenoxy) is 1. The molecule has 0 unspecified atom stereocenters. The van der Waals surface area contributed by atoms with Crippen LogP contribution in [0.2, 0.25) is 0 Å². The minimum absolute atomic E-state index is 0.174. The molecule has 1 aliphatic heterocycles. The third kappa shape index (κ3) is 4.64. The number of anilines is 1. The van der Waals surface area contributed by atoms with Crippen molar-refractivity contribution >= 4 is 11.6 Å². The third-order valence-corrected chi connectivity index (χ3v) is 5.17. The predicted octanol–water partition coefficient (Wildman–Crippen LogP) is 2.45. The highest BCUT2D eigenvalue weighted by Crippen LogP contribution is 2.17. The summed E-state index contributed by atoms with van der Waals surface area (Å²) in [6.07, 6.45) is 0. The number of amides is 1. The van der Waals surface area contributed by atoms with Crippen LogP contribution in [0.4, 0.5) is 10.1 Å². The first-order chi connectivity index (χ1) is 15.0. The van der Waals surface area contributed by atoms with Crippen LogP contribution in [-0.2, 0) is 11.3 Å². The molecule has 160 valence electrons. The molecule has 4 rings (SSSR count). The third-order valence-electron chi connectivity index (χ3n) is 5.17. The Kier molecular flexibility index (Phi) is 6.08. The SMILES string of the molecule is Cc1cc(=O)c(C(=O)NCc2ccc(N3CCOCC3)cc2)nn1-c1ccccc1F. The van der Waals surface area contributed by atoms with Gasteiger partial charge in [-0.25, -0.2) is 9.07 Å². The first-order valence-corrected chi connectivity index (χ1v) is 10.1. The lowest BCUT2D eigenvalue weighted by atomic mass is 10.2. The Morgan fingerprint density at radius 2 is 1.84 bits per heavy atom. The van der Waals surface area contributed by atoms with E-state index in [9.17, 15) is 14.0 Å². The van der Waals surface area contributed by atoms with E-state index < -0.39 is 17.2 Å². The van der Waals surface area contributed by atoms with E-state index in [1.807, 2.05) is 24.3 Å². The van der Waals surface area contributed by atoms with E-state index >= 15 is 0 Å². The van der Waals surface area contributed by atoms with E-state index in [1.54, 1.807) is 19.1 Å². The van der Waals surface area contributed by atoms with Crippen LogP contribution in [0, 0.1) is 12.7 Å². The lowest BCUT2D eigenvalue weighted by Gasteiger charge is -2.28. The molecule has 1 fully saturated rings. The maximum absolute atomic E-state index is 14.2. The van der Waals surface area contributed by atoms with Crippen LogP contribution < -0.4 is 15.6 Å². The van der Waals surface area contributed by atoms with Crippen LogP contribution in [0.3, 0.4) is 0 Å². The van der Waals surface area contributed by atoms with Gasteiger partial charge >= 0.3 is 0 Å². The van der Waals surface area contributed by atoms with Crippen molar-refractivity contribution in [1.29, 1.82) is 0 Å². The number of carbonyl (C=O) groups excluding carboxylic acids is 1. The summed E-state index contributed by atoms with van der Waals surface area (Å²) in [6.45, 7) is 5.01. The predicted molar refractivity (Wildman–Crippen MR) is 115 cm³/mol. The van der Waals surface area contributed by atoms with Crippen LogP contribution in [-0.4, -0.2) is 42.0 Å². The highest BCUT2D eigenvalue weighted by molar-refractivity contribution is 5.92. The summed E-state index contributed by atoms with van der Waals surface area (Å²) in [7, 11) is 0. The van der Waals surface area contributed by atoms with Crippen LogP contribution in [0.5, 0.6) is 0 Å². The minimum atomic E-state index is -0.604. The Bertz CT molecular complexity index is 1140. The number of nitrogens with one attached hydrogen (secondary N) is 1. The van der Waals surface area contributed by atoms with Crippen molar-refractivity contribution in [3.05, 3.63) is 87.6 Å². The molecule has 0 bridgehead atoms. The van der Waals surface area contributed by atoms with Gasteiger partial charge in [0.05, 0.1) is 13.2 Å². The van der Waals surface area contributed by atoms with Crippen LogP contribution in [0.25, 0.3) is 5.69 Å². The normalized spacial score (nSPS) is 13.8. The van der Waals surface area contributed by atoms with E-state index in [2.05, 4.69) is 15.3 Å². The Morgan fingerprint density at radius 1 is 1.13 bits per heavy atom. The molecule has 1 aliphatic rings. The number of nitrogens with zero attached hydrogens (tertiary/aromatic N) is 3. The first kappa shape index (κ1) is 20.7. The molecule has 0 aliphatic carbocycles. The molecule has 7 nitrogen and oxygen atoms in total. The van der Waals surface area contributed by atoms with Gasteiger partial charge in [0.15, 0.2) is 5.69 Å². The summed E-state index contributed by atoms with van der Waals surface area (Å²) in [6, 6.07) is 15.2. The van der Waals surface area contributed by atoms with Crippen LogP contribution >= 0.6 is 0 Å². The van der Waals surface area contributed by atoms with Gasteiger partial charge in [-0.1, -0.05) is 24.3 Å². The van der Waals surface area contributed by atoms with Gasteiger partial charge in [-0.3, -0.25) is 9.59 Å². The summed E-state index contributed by atoms with van der Waals surface area (Å²) in [5.41, 5.74) is 1.82. The van der Waals surface area contributed by atoms with Crippen LogP contribution in [0.15, 0.2) is 59.4 Å². The number of para-hydroxylation sites is 1. The van der Waals surface area contributed by atoms with Crippen molar-refractivity contribution in [2.45, 2.75) is 13.5 Å². The van der Waals surface area contributed by atoms with Crippen molar-refractivity contribution in [2.75, 3.05) is 31.2 Å². The fourth-order valence-electron chi connectivity index (χ4n) is 3.48. The number of morpholine rings is 1. The molecule has 0 atom stereocenters. The van der Waals surface area contributed by atoms with Gasteiger partial charge in [-0.15, -0.1) is 0 Å². The van der Waals surface area contributed by atoms with Gasteiger partial charge in [0.2, 0.25) is 5.43 Å². The van der Waals surface area contributed by atoms with E-state index in [1.165, 1.54) is 22.9 Å². The largest absolute Gasteiger partial charge is 0.378 e. The quantitative estimate of drug-likeness (QED) is 0.684. The van der Waals surface area contributed by atoms with Gasteiger partial charge < -0.3 is 15.0 Å². The topological polar surface area (TPSA) is 76.5 Å². The smallest absolute Gasteiger partial charge is 0.276 e. The number of rotatable bonds is 5. The summed E-state index contributed by atoms with van der Waals surface area (Å²) in [4.78, 5) is 27.2. The number of halogens is 1. The van der Waals surface area contributed by atoms with Crippen LogP contribution in [0.1, 0.15) is 21.7 Å². The molecule has 1 N–H and O–H groups in total. The number of hydrogen-bond acceptors (Lipinski definition) is 5. The number of carbonyl (C=O) groups is 1. The molecule has 3 aromatic rings. The number of aromatic nitrogens is 2. The lowest BCUT2D eigenvalue weighted by molar-refractivity contribution is 0.0943. The summed E-state index contributed by atoms with van der Waals surface area (Å²) in [5.74, 6) is -1.10. The number of hydrogen-bond donors (Lipinski definition) is 1. The molecule has 2 aromatic carbocycles. The zero-order valence-corrected chi connectivity index (χ0v) is 17.2. The molecule has 2 heterocycles. The summed E-state index contributed by atoms with van der Waals surface area (Å²) >= 11 is 0. The van der Waals surface area contributed by atoms with Crippen molar-refractivity contribution in [1.82, 2.24) is 15.1 Å². The first-order valence-electron chi connectivity index (χ1n) is 10.1. The molecule has 1 saturated heterocycles. The highest BCUT2D eigenvalue weighted by atomic mass is 19.1. The molecule has 0 saturated carbocycles. The second kappa shape index (κ2) is 9.09. The van der Waals surface area contributed by atoms with Gasteiger partial charge in [-0.05, 0) is 36.8 Å². The molecule has 1 amide bonds. The van der Waals surface area contributed by atoms with Gasteiger partial charge in [-0.2, -0.15) is 5.10 Å². The zero-order valence-electron chi connectivity index (χ0n) is 17.2. The molecule has 31 heavy (non-hydrogen) atoms. The van der Waals surface area contributed by atoms with Gasteiger partial charge in [0.1, 0.15) is 11.5 Å². The molecular weight excluding hydrogens is 399 g/mol. The van der Waals surface area contributed by atoms with E-state index in [0.29, 0.717) is 18.9 Å². The van der Waals surface area contributed by atoms with Gasteiger partial charge in [0.25, 0.3) is 5.91 Å². The fourth-order valence-corrected chi connectivity index (χ4v) is 3.48. The average molecular weight is 422 g/mol. The fraction of sp³-hybridized carbons (Fsp3) is 0.261. The van der Waals surface area contributed by atoms with Gasteiger partial charge in [0, 0.05) is 37.1 Å². The van der Waals surface area contributed by atoms with E-state index in [4.69, 9.17) is 4.74 Å². The van der Waals surface area contributed by atoms with Crippen molar-refractivity contribution < 1.29 is 13.9 Å². The maximum Gasteiger partial charge on any atom is 0.276 e. The second-order valence-corrected chi connectivity index (χ2v) is 7.31. The monoisotopic (exact) mass is 422 g/mol. The number of benzene rings is 2. The van der Waals surface area contributed by atoms with E-state index in [-0.39, 0.29) is 17.9 Å². The minimum Gasteiger partial charge on any atom is -0.378 e. The van der Waals surface area contributed by atoms with Crippen molar-refractivity contribution in [3.8, 4) is 5.69 Å². The summed E-state index contributed by atoms with van der Waals surface area (Å²) in [5, 5.41) is 6.85. The van der Waals surface area contributed by atoms with Crippen molar-refractivity contribution in [3.63, 3.8) is 0 Å². The molecule has 0 radical (unpaired) electrons. The maximum atomic E-state index is 14.2. The zero-order chi connectivity index (χ0) is 21.8. The average Bonchev–Trinajstić information content (AvgIpc) is 2.79. The standard InChI is InChI=1S/C23H23FN4O3/c1-16-14-21(29)22(26-28(16)20-5-3-2-4-19(20)24)23(30)25-15-17-6-8-18(9-7-17)27-10-12-31-13-11-27/h2-9,14H,10-13,15H2,1H3,(H,25,30). The Balaban J connectivity index is 1.48. The highest BCUT2D eigenvalue weighted by Gasteiger charge is 2.17. The molecular formula is C23H23FN4O3. The molecule has 8 heteroatoms. The lowest BCUT2D eigenvalue weighted by Crippen LogP contribution is -2.36. The van der Waals surface area contributed by atoms with E-state index in [0.717, 1.165) is 24.3 Å². The Labute approximate surface area is 179 Å². The Morgan fingerprint density at radius 3 is 2.55 bits per heavy atom. The summed E-state index contributed by atoms with van der Waals surface area (Å²) < 4.78 is 20.8. The Hall–Kier alpha value is -3.52. The number of aryl methyl sites for hydroxylation is 1. The second-order valence-electron chi connectivity index (χ2n) is 7.31. The molecule has 0 spiro atoms.